The van der Waals surface area contributed by atoms with Gasteiger partial charge in [0.2, 0.25) is 0 Å². The van der Waals surface area contributed by atoms with E-state index in [0.29, 0.717) is 5.82 Å². The Labute approximate surface area is 92.5 Å². The molecule has 0 aliphatic heterocycles. The van der Waals surface area contributed by atoms with Crippen molar-refractivity contribution in [3.05, 3.63) is 23.4 Å². The summed E-state index contributed by atoms with van der Waals surface area (Å²) in [5, 5.41) is 11.7. The summed E-state index contributed by atoms with van der Waals surface area (Å²) < 4.78 is 24.1. The Morgan fingerprint density at radius 2 is 2.19 bits per heavy atom. The van der Waals surface area contributed by atoms with Crippen molar-refractivity contribution in [2.45, 2.75) is 31.8 Å². The number of aromatic nitrogens is 1. The molecule has 0 radical (unpaired) electrons. The zero-order valence-corrected chi connectivity index (χ0v) is 8.79. The Hall–Kier alpha value is -1.23. The van der Waals surface area contributed by atoms with E-state index in [2.05, 4.69) is 10.3 Å². The zero-order valence-electron chi connectivity index (χ0n) is 8.79. The highest BCUT2D eigenvalue weighted by Crippen LogP contribution is 2.21. The summed E-state index contributed by atoms with van der Waals surface area (Å²) in [5.74, 6) is 0.556. The molecule has 2 rings (SSSR count). The van der Waals surface area contributed by atoms with E-state index in [0.717, 1.165) is 25.0 Å². The van der Waals surface area contributed by atoms with Crippen LogP contribution >= 0.6 is 0 Å². The third-order valence-corrected chi connectivity index (χ3v) is 2.71. The third-order valence-electron chi connectivity index (χ3n) is 2.71. The maximum Gasteiger partial charge on any atom is 0.265 e. The average molecular weight is 228 g/mol. The Morgan fingerprint density at radius 3 is 2.94 bits per heavy atom. The topological polar surface area (TPSA) is 45.1 Å². The van der Waals surface area contributed by atoms with Crippen molar-refractivity contribution in [2.75, 3.05) is 11.9 Å². The predicted molar refractivity (Wildman–Crippen MR) is 56.8 cm³/mol. The van der Waals surface area contributed by atoms with E-state index in [1.165, 1.54) is 5.56 Å². The van der Waals surface area contributed by atoms with Crippen LogP contribution in [0.15, 0.2) is 12.1 Å². The maximum absolute atomic E-state index is 12.0. The summed E-state index contributed by atoms with van der Waals surface area (Å²) >= 11 is 0. The first-order valence-electron chi connectivity index (χ1n) is 5.35. The molecule has 1 atom stereocenters. The highest BCUT2D eigenvalue weighted by molar-refractivity contribution is 5.40. The third kappa shape index (κ3) is 2.47. The zero-order chi connectivity index (χ0) is 11.5. The first-order valence-corrected chi connectivity index (χ1v) is 5.35. The Bertz CT molecular complexity index is 371. The summed E-state index contributed by atoms with van der Waals surface area (Å²) in [4.78, 5) is 4.32. The number of pyridine rings is 1. The Balaban J connectivity index is 1.95. The van der Waals surface area contributed by atoms with E-state index < -0.39 is 12.5 Å². The van der Waals surface area contributed by atoms with E-state index >= 15 is 0 Å². The van der Waals surface area contributed by atoms with E-state index in [9.17, 15) is 8.78 Å². The summed E-state index contributed by atoms with van der Waals surface area (Å²) in [6.07, 6.45) is -1.27. The van der Waals surface area contributed by atoms with Crippen LogP contribution in [0, 0.1) is 0 Å². The fraction of sp³-hybridized carbons (Fsp3) is 0.545. The molecule has 0 spiro atoms. The molecule has 0 amide bonds. The Morgan fingerprint density at radius 1 is 1.38 bits per heavy atom. The molecule has 16 heavy (non-hydrogen) atoms. The number of nitrogens with zero attached hydrogens (tertiary/aromatic N) is 1. The van der Waals surface area contributed by atoms with Crippen LogP contribution in [0.2, 0.25) is 0 Å². The molecule has 3 nitrogen and oxygen atoms in total. The lowest BCUT2D eigenvalue weighted by Crippen LogP contribution is -2.27. The van der Waals surface area contributed by atoms with E-state index in [1.54, 1.807) is 6.07 Å². The van der Waals surface area contributed by atoms with Crippen molar-refractivity contribution < 1.29 is 13.9 Å². The molecule has 1 aliphatic rings. The largest absolute Gasteiger partial charge is 0.385 e. The minimum Gasteiger partial charge on any atom is -0.385 e. The van der Waals surface area contributed by atoms with E-state index in [1.807, 2.05) is 6.07 Å². The minimum atomic E-state index is -2.72. The number of halogens is 2. The number of hydrogen-bond acceptors (Lipinski definition) is 3. The predicted octanol–water partition coefficient (Wildman–Crippen LogP) is 1.61. The van der Waals surface area contributed by atoms with Crippen molar-refractivity contribution in [1.29, 1.82) is 0 Å². The molecule has 0 saturated heterocycles. The van der Waals surface area contributed by atoms with Gasteiger partial charge in [-0.1, -0.05) is 6.07 Å². The second-order valence-corrected chi connectivity index (χ2v) is 3.94. The van der Waals surface area contributed by atoms with Crippen LogP contribution in [0.3, 0.4) is 0 Å². The average Bonchev–Trinajstić information content (AvgIpc) is 2.72. The van der Waals surface area contributed by atoms with Crippen LogP contribution in [0.1, 0.15) is 17.7 Å². The van der Waals surface area contributed by atoms with Gasteiger partial charge in [0, 0.05) is 12.2 Å². The van der Waals surface area contributed by atoms with Gasteiger partial charge in [0.15, 0.2) is 0 Å². The van der Waals surface area contributed by atoms with Gasteiger partial charge >= 0.3 is 0 Å². The molecule has 1 aliphatic carbocycles. The normalized spacial score (nSPS) is 16.2. The van der Waals surface area contributed by atoms with Gasteiger partial charge in [-0.2, -0.15) is 0 Å². The van der Waals surface area contributed by atoms with Crippen LogP contribution in [0.4, 0.5) is 14.6 Å². The number of nitrogens with one attached hydrogen (secondary N) is 1. The first-order chi connectivity index (χ1) is 7.66. The van der Waals surface area contributed by atoms with Crippen LogP contribution in [0.5, 0.6) is 0 Å². The molecular formula is C11H14F2N2O. The van der Waals surface area contributed by atoms with Crippen molar-refractivity contribution in [3.63, 3.8) is 0 Å². The molecule has 0 bridgehead atoms. The lowest BCUT2D eigenvalue weighted by atomic mass is 10.2. The standard InChI is InChI=1S/C11H14F2N2O/c12-11(13)9(16)6-14-10-5-4-7-2-1-3-8(7)15-10/h4-5,9,11,16H,1-3,6H2,(H,14,15). The summed E-state index contributed by atoms with van der Waals surface area (Å²) in [6, 6.07) is 3.73. The number of fused-ring (bicyclic) bond motifs is 1. The van der Waals surface area contributed by atoms with Crippen LogP contribution in [-0.2, 0) is 12.8 Å². The summed E-state index contributed by atoms with van der Waals surface area (Å²) in [5.41, 5.74) is 2.27. The van der Waals surface area contributed by atoms with Crippen LogP contribution in [-0.4, -0.2) is 29.2 Å². The molecule has 88 valence electrons. The second-order valence-electron chi connectivity index (χ2n) is 3.94. The van der Waals surface area contributed by atoms with Crippen molar-refractivity contribution in [1.82, 2.24) is 4.98 Å². The second kappa shape index (κ2) is 4.74. The van der Waals surface area contributed by atoms with Gasteiger partial charge < -0.3 is 10.4 Å². The molecule has 1 aromatic heterocycles. The Kier molecular flexibility index (Phi) is 3.33. The number of aryl methyl sites for hydroxylation is 2. The minimum absolute atomic E-state index is 0.177. The molecular weight excluding hydrogens is 214 g/mol. The number of aliphatic hydroxyl groups is 1. The fourth-order valence-electron chi connectivity index (χ4n) is 1.82. The van der Waals surface area contributed by atoms with Gasteiger partial charge in [-0.25, -0.2) is 13.8 Å². The molecule has 5 heteroatoms. The van der Waals surface area contributed by atoms with Crippen molar-refractivity contribution >= 4 is 5.82 Å². The van der Waals surface area contributed by atoms with E-state index in [4.69, 9.17) is 5.11 Å². The lowest BCUT2D eigenvalue weighted by molar-refractivity contribution is 0.00380. The van der Waals surface area contributed by atoms with Crippen molar-refractivity contribution in [2.24, 2.45) is 0 Å². The number of aliphatic hydroxyl groups excluding tert-OH is 1. The molecule has 0 aromatic carbocycles. The lowest BCUT2D eigenvalue weighted by Gasteiger charge is -2.11. The van der Waals surface area contributed by atoms with Crippen LogP contribution in [0.25, 0.3) is 0 Å². The van der Waals surface area contributed by atoms with Crippen LogP contribution < -0.4 is 5.32 Å². The van der Waals surface area contributed by atoms with Gasteiger partial charge in [-0.3, -0.25) is 0 Å². The molecule has 1 aromatic rings. The number of anilines is 1. The van der Waals surface area contributed by atoms with Gasteiger partial charge in [-0.05, 0) is 30.9 Å². The summed E-state index contributed by atoms with van der Waals surface area (Å²) in [6.45, 7) is -0.177. The quantitative estimate of drug-likeness (QED) is 0.823. The van der Waals surface area contributed by atoms with E-state index in [-0.39, 0.29) is 6.54 Å². The highest BCUT2D eigenvalue weighted by atomic mass is 19.3. The molecule has 0 fully saturated rings. The SMILES string of the molecule is OC(CNc1ccc2c(n1)CCC2)C(F)F. The molecule has 1 unspecified atom stereocenters. The smallest absolute Gasteiger partial charge is 0.265 e. The van der Waals surface area contributed by atoms with Gasteiger partial charge in [-0.15, -0.1) is 0 Å². The summed E-state index contributed by atoms with van der Waals surface area (Å²) in [7, 11) is 0. The molecule has 1 heterocycles. The first kappa shape index (κ1) is 11.3. The number of alkyl halides is 2. The van der Waals surface area contributed by atoms with Gasteiger partial charge in [0.05, 0.1) is 0 Å². The molecule has 0 saturated carbocycles. The monoisotopic (exact) mass is 228 g/mol. The molecule has 2 N–H and O–H groups in total. The van der Waals surface area contributed by atoms with Crippen molar-refractivity contribution in [3.8, 4) is 0 Å². The van der Waals surface area contributed by atoms with Gasteiger partial charge in [0.25, 0.3) is 6.43 Å². The maximum atomic E-state index is 12.0. The number of hydrogen-bond donors (Lipinski definition) is 2. The fourth-order valence-corrected chi connectivity index (χ4v) is 1.82. The highest BCUT2D eigenvalue weighted by Gasteiger charge is 2.17. The van der Waals surface area contributed by atoms with Gasteiger partial charge in [0.1, 0.15) is 11.9 Å². The number of rotatable bonds is 4.